The van der Waals surface area contributed by atoms with E-state index in [9.17, 15) is 17.7 Å². The largest absolute Gasteiger partial charge is 0.417 e. The molecule has 1 saturated heterocycles. The third-order valence-corrected chi connectivity index (χ3v) is 3.83. The number of anilines is 2. The van der Waals surface area contributed by atoms with Crippen molar-refractivity contribution in [3.63, 3.8) is 0 Å². The van der Waals surface area contributed by atoms with Crippen LogP contribution < -0.4 is 14.7 Å². The van der Waals surface area contributed by atoms with Crippen molar-refractivity contribution < 1.29 is 22.6 Å². The van der Waals surface area contributed by atoms with E-state index >= 15 is 0 Å². The monoisotopic (exact) mass is 342 g/mol. The SMILES string of the molecule is FOc1cncc(N2CCN(c3ccc(C(F)(F)F)cn3)CC2)c1. The Labute approximate surface area is 135 Å². The van der Waals surface area contributed by atoms with Crippen molar-refractivity contribution in [2.45, 2.75) is 6.18 Å². The Kier molecular flexibility index (Phi) is 4.41. The second kappa shape index (κ2) is 6.50. The summed E-state index contributed by atoms with van der Waals surface area (Å²) in [4.78, 5) is 15.4. The van der Waals surface area contributed by atoms with Gasteiger partial charge in [0.1, 0.15) is 5.82 Å². The first kappa shape index (κ1) is 16.3. The van der Waals surface area contributed by atoms with Crippen LogP contribution in [0.3, 0.4) is 0 Å². The van der Waals surface area contributed by atoms with Gasteiger partial charge in [0, 0.05) is 43.0 Å². The highest BCUT2D eigenvalue weighted by molar-refractivity contribution is 5.50. The molecule has 0 saturated carbocycles. The Morgan fingerprint density at radius 1 is 0.958 bits per heavy atom. The number of hydrogen-bond donors (Lipinski definition) is 0. The van der Waals surface area contributed by atoms with Crippen molar-refractivity contribution in [1.82, 2.24) is 9.97 Å². The van der Waals surface area contributed by atoms with Gasteiger partial charge in [-0.15, -0.1) is 0 Å². The van der Waals surface area contributed by atoms with Crippen LogP contribution in [0.25, 0.3) is 0 Å². The lowest BCUT2D eigenvalue weighted by molar-refractivity contribution is -0.137. The number of halogens is 4. The first-order valence-corrected chi connectivity index (χ1v) is 7.24. The molecule has 3 rings (SSSR count). The molecular weight excluding hydrogens is 328 g/mol. The van der Waals surface area contributed by atoms with Gasteiger partial charge in [0.25, 0.3) is 0 Å². The van der Waals surface area contributed by atoms with Gasteiger partial charge in [0.05, 0.1) is 23.6 Å². The van der Waals surface area contributed by atoms with Gasteiger partial charge < -0.3 is 9.80 Å². The molecule has 0 unspecified atom stereocenters. The van der Waals surface area contributed by atoms with Crippen LogP contribution in [-0.4, -0.2) is 36.1 Å². The van der Waals surface area contributed by atoms with Crippen molar-refractivity contribution in [1.29, 1.82) is 0 Å². The number of aromatic nitrogens is 2. The number of alkyl halides is 3. The van der Waals surface area contributed by atoms with Gasteiger partial charge >= 0.3 is 6.18 Å². The van der Waals surface area contributed by atoms with Crippen LogP contribution in [0.1, 0.15) is 5.56 Å². The quantitative estimate of drug-likeness (QED) is 0.802. The van der Waals surface area contributed by atoms with E-state index in [-0.39, 0.29) is 5.75 Å². The number of pyridine rings is 2. The maximum atomic E-state index is 12.6. The fraction of sp³-hybridized carbons (Fsp3) is 0.333. The molecule has 24 heavy (non-hydrogen) atoms. The smallest absolute Gasteiger partial charge is 0.367 e. The minimum absolute atomic E-state index is 0.0272. The van der Waals surface area contributed by atoms with Gasteiger partial charge in [-0.3, -0.25) is 9.93 Å². The zero-order valence-corrected chi connectivity index (χ0v) is 12.5. The Morgan fingerprint density at radius 3 is 2.25 bits per heavy atom. The molecule has 0 N–H and O–H groups in total. The van der Waals surface area contributed by atoms with E-state index in [1.54, 1.807) is 12.3 Å². The second-order valence-electron chi connectivity index (χ2n) is 5.33. The van der Waals surface area contributed by atoms with Gasteiger partial charge in [-0.25, -0.2) is 4.98 Å². The average Bonchev–Trinajstić information content (AvgIpc) is 2.61. The molecule has 2 aromatic rings. The summed E-state index contributed by atoms with van der Waals surface area (Å²) in [6.45, 7) is 2.39. The number of piperazine rings is 1. The molecule has 0 aromatic carbocycles. The molecular formula is C15H14F4N4O. The van der Waals surface area contributed by atoms with Crippen LogP contribution in [-0.2, 0) is 6.18 Å². The molecule has 0 aliphatic carbocycles. The van der Waals surface area contributed by atoms with E-state index in [0.29, 0.717) is 32.0 Å². The lowest BCUT2D eigenvalue weighted by Gasteiger charge is -2.36. The molecule has 1 aliphatic rings. The molecule has 5 nitrogen and oxygen atoms in total. The summed E-state index contributed by atoms with van der Waals surface area (Å²) in [5.74, 6) is 0.529. The Bertz CT molecular complexity index is 685. The van der Waals surface area contributed by atoms with Crippen LogP contribution in [0.15, 0.2) is 36.8 Å². The molecule has 9 heteroatoms. The maximum absolute atomic E-state index is 12.6. The molecule has 3 heterocycles. The van der Waals surface area contributed by atoms with E-state index in [1.807, 2.05) is 9.80 Å². The minimum atomic E-state index is -4.39. The normalized spacial score (nSPS) is 15.5. The summed E-state index contributed by atoms with van der Waals surface area (Å²) >= 11 is 0. The van der Waals surface area contributed by atoms with Crippen LogP contribution >= 0.6 is 0 Å². The fourth-order valence-corrected chi connectivity index (χ4v) is 2.56. The molecule has 1 aliphatic heterocycles. The van der Waals surface area contributed by atoms with Gasteiger partial charge in [-0.05, 0) is 12.1 Å². The zero-order chi connectivity index (χ0) is 17.2. The zero-order valence-electron chi connectivity index (χ0n) is 12.5. The molecule has 1 fully saturated rings. The van der Waals surface area contributed by atoms with Gasteiger partial charge in [-0.1, -0.05) is 0 Å². The van der Waals surface area contributed by atoms with Crippen molar-refractivity contribution in [3.05, 3.63) is 42.4 Å². The first-order valence-electron chi connectivity index (χ1n) is 7.24. The molecule has 128 valence electrons. The lowest BCUT2D eigenvalue weighted by Crippen LogP contribution is -2.46. The van der Waals surface area contributed by atoms with Gasteiger partial charge in [0.15, 0.2) is 5.75 Å². The maximum Gasteiger partial charge on any atom is 0.417 e. The predicted octanol–water partition coefficient (Wildman–Crippen LogP) is 3.09. The van der Waals surface area contributed by atoms with Gasteiger partial charge in [-0.2, -0.15) is 13.2 Å². The number of hydrogen-bond acceptors (Lipinski definition) is 5. The molecule has 0 spiro atoms. The third kappa shape index (κ3) is 3.50. The van der Waals surface area contributed by atoms with Crippen LogP contribution in [0.5, 0.6) is 5.75 Å². The van der Waals surface area contributed by atoms with Crippen LogP contribution in [0.4, 0.5) is 29.2 Å². The van der Waals surface area contributed by atoms with Crippen molar-refractivity contribution in [2.75, 3.05) is 36.0 Å². The Balaban J connectivity index is 1.64. The Morgan fingerprint density at radius 2 is 1.67 bits per heavy atom. The topological polar surface area (TPSA) is 41.5 Å². The van der Waals surface area contributed by atoms with Gasteiger partial charge in [0.2, 0.25) is 0 Å². The summed E-state index contributed by atoms with van der Waals surface area (Å²) < 4.78 is 49.9. The van der Waals surface area contributed by atoms with Crippen molar-refractivity contribution in [2.24, 2.45) is 0 Å². The summed E-state index contributed by atoms with van der Waals surface area (Å²) in [6.07, 6.45) is -0.672. The summed E-state index contributed by atoms with van der Waals surface area (Å²) in [7, 11) is 0. The Hall–Kier alpha value is -2.58. The number of rotatable bonds is 3. The molecule has 0 bridgehead atoms. The average molecular weight is 342 g/mol. The predicted molar refractivity (Wildman–Crippen MR) is 79.6 cm³/mol. The molecule has 0 radical (unpaired) electrons. The van der Waals surface area contributed by atoms with E-state index in [1.165, 1.54) is 12.3 Å². The first-order chi connectivity index (χ1) is 11.5. The standard InChI is InChI=1S/C15H14F4N4O/c16-15(17,18)11-1-2-14(21-8-11)23-5-3-22(4-6-23)12-7-13(24-19)10-20-9-12/h1-2,7-10H,3-6H2. The van der Waals surface area contributed by atoms with E-state index in [2.05, 4.69) is 14.9 Å². The summed E-state index contributed by atoms with van der Waals surface area (Å²) in [6, 6.07) is 3.94. The van der Waals surface area contributed by atoms with Crippen LogP contribution in [0.2, 0.25) is 0 Å². The second-order valence-corrected chi connectivity index (χ2v) is 5.33. The van der Waals surface area contributed by atoms with E-state index < -0.39 is 11.7 Å². The van der Waals surface area contributed by atoms with Crippen LogP contribution in [0, 0.1) is 0 Å². The van der Waals surface area contributed by atoms with Crippen molar-refractivity contribution >= 4 is 11.5 Å². The molecule has 0 amide bonds. The highest BCUT2D eigenvalue weighted by Crippen LogP contribution is 2.29. The molecule has 0 atom stereocenters. The fourth-order valence-electron chi connectivity index (χ4n) is 2.56. The minimum Gasteiger partial charge on any atom is -0.367 e. The number of nitrogens with zero attached hydrogens (tertiary/aromatic N) is 4. The van der Waals surface area contributed by atoms with E-state index in [0.717, 1.165) is 18.0 Å². The summed E-state index contributed by atoms with van der Waals surface area (Å²) in [5.41, 5.74) is -0.0378. The summed E-state index contributed by atoms with van der Waals surface area (Å²) in [5, 5.41) is 0. The molecule has 2 aromatic heterocycles. The van der Waals surface area contributed by atoms with Crippen molar-refractivity contribution in [3.8, 4) is 5.75 Å². The van der Waals surface area contributed by atoms with E-state index in [4.69, 9.17) is 0 Å². The third-order valence-electron chi connectivity index (χ3n) is 3.83. The lowest BCUT2D eigenvalue weighted by atomic mass is 10.2. The highest BCUT2D eigenvalue weighted by Gasteiger charge is 2.31. The highest BCUT2D eigenvalue weighted by atomic mass is 19.4.